The number of aliphatic imine (C=N–C) groups is 1. The molecule has 0 unspecified atom stereocenters. The maximum atomic E-state index is 14.0. The molecule has 0 saturated carbocycles. The molecule has 0 aliphatic carbocycles. The number of rotatable bonds is 5. The van der Waals surface area contributed by atoms with E-state index in [1.165, 1.54) is 10.9 Å². The lowest BCUT2D eigenvalue weighted by molar-refractivity contribution is 0.473. The molecular formula is C18H26FIN4S. The summed E-state index contributed by atoms with van der Waals surface area (Å²) in [6.45, 7) is 9.31. The number of hydrogen-bond acceptors (Lipinski definition) is 3. The SMILES string of the molecule is CN=C(NCc1nc(C)c(C)s1)NCC(C)(C)c1ccccc1F.I. The van der Waals surface area contributed by atoms with E-state index in [2.05, 4.69) is 27.5 Å². The largest absolute Gasteiger partial charge is 0.356 e. The van der Waals surface area contributed by atoms with Crippen LogP contribution in [0.1, 0.15) is 35.0 Å². The minimum Gasteiger partial charge on any atom is -0.356 e. The highest BCUT2D eigenvalue weighted by Gasteiger charge is 2.24. The zero-order chi connectivity index (χ0) is 17.7. The lowest BCUT2D eigenvalue weighted by atomic mass is 9.84. The maximum absolute atomic E-state index is 14.0. The zero-order valence-electron chi connectivity index (χ0n) is 15.3. The third-order valence-electron chi connectivity index (χ3n) is 4.00. The first-order valence-corrected chi connectivity index (χ1v) is 8.77. The highest BCUT2D eigenvalue weighted by molar-refractivity contribution is 14.0. The first-order valence-electron chi connectivity index (χ1n) is 7.96. The summed E-state index contributed by atoms with van der Waals surface area (Å²) in [5, 5.41) is 7.56. The number of guanidine groups is 1. The van der Waals surface area contributed by atoms with E-state index in [1.807, 2.05) is 32.9 Å². The van der Waals surface area contributed by atoms with Crippen LogP contribution >= 0.6 is 35.3 Å². The van der Waals surface area contributed by atoms with Gasteiger partial charge in [0.25, 0.3) is 0 Å². The molecule has 2 N–H and O–H groups in total. The summed E-state index contributed by atoms with van der Waals surface area (Å²) in [6.07, 6.45) is 0. The molecule has 7 heteroatoms. The molecule has 1 heterocycles. The van der Waals surface area contributed by atoms with Crippen molar-refractivity contribution in [1.82, 2.24) is 15.6 Å². The predicted octanol–water partition coefficient (Wildman–Crippen LogP) is 4.16. The summed E-state index contributed by atoms with van der Waals surface area (Å²) < 4.78 is 14.0. The summed E-state index contributed by atoms with van der Waals surface area (Å²) in [5.41, 5.74) is 1.41. The summed E-state index contributed by atoms with van der Waals surface area (Å²) in [4.78, 5) is 9.97. The highest BCUT2D eigenvalue weighted by Crippen LogP contribution is 2.24. The maximum Gasteiger partial charge on any atom is 0.191 e. The first-order chi connectivity index (χ1) is 11.3. The van der Waals surface area contributed by atoms with Crippen molar-refractivity contribution in [2.75, 3.05) is 13.6 Å². The molecule has 0 fully saturated rings. The van der Waals surface area contributed by atoms with Gasteiger partial charge in [-0.1, -0.05) is 32.0 Å². The Balaban J connectivity index is 0.00000312. The number of aryl methyl sites for hydroxylation is 2. The predicted molar refractivity (Wildman–Crippen MR) is 115 cm³/mol. The molecular weight excluding hydrogens is 450 g/mol. The van der Waals surface area contributed by atoms with Gasteiger partial charge in [-0.05, 0) is 25.5 Å². The lowest BCUT2D eigenvalue weighted by Crippen LogP contribution is -2.43. The summed E-state index contributed by atoms with van der Waals surface area (Å²) in [6, 6.07) is 6.90. The number of benzene rings is 1. The molecule has 4 nitrogen and oxygen atoms in total. The van der Waals surface area contributed by atoms with Crippen LogP contribution in [0.2, 0.25) is 0 Å². The van der Waals surface area contributed by atoms with E-state index >= 15 is 0 Å². The fourth-order valence-corrected chi connectivity index (χ4v) is 3.28. The first kappa shape index (κ1) is 21.8. The van der Waals surface area contributed by atoms with Gasteiger partial charge in [-0.15, -0.1) is 35.3 Å². The molecule has 138 valence electrons. The van der Waals surface area contributed by atoms with Crippen molar-refractivity contribution in [3.8, 4) is 0 Å². The van der Waals surface area contributed by atoms with E-state index in [9.17, 15) is 4.39 Å². The monoisotopic (exact) mass is 476 g/mol. The topological polar surface area (TPSA) is 49.3 Å². The zero-order valence-corrected chi connectivity index (χ0v) is 18.5. The van der Waals surface area contributed by atoms with Crippen molar-refractivity contribution >= 4 is 41.3 Å². The Labute approximate surface area is 170 Å². The molecule has 0 saturated heterocycles. The van der Waals surface area contributed by atoms with Gasteiger partial charge in [-0.2, -0.15) is 0 Å². The van der Waals surface area contributed by atoms with Crippen LogP contribution in [0.15, 0.2) is 29.3 Å². The standard InChI is InChI=1S/C18H25FN4S.HI/c1-12-13(2)24-16(23-12)10-21-17(20-5)22-11-18(3,4)14-8-6-7-9-15(14)19;/h6-9H,10-11H2,1-5H3,(H2,20,21,22);1H. The summed E-state index contributed by atoms with van der Waals surface area (Å²) >= 11 is 1.68. The van der Waals surface area contributed by atoms with Gasteiger partial charge in [0.15, 0.2) is 5.96 Å². The number of halogens is 2. The van der Waals surface area contributed by atoms with Gasteiger partial charge in [0, 0.05) is 23.9 Å². The van der Waals surface area contributed by atoms with Crippen molar-refractivity contribution in [3.63, 3.8) is 0 Å². The van der Waals surface area contributed by atoms with Crippen molar-refractivity contribution < 1.29 is 4.39 Å². The molecule has 0 bridgehead atoms. The van der Waals surface area contributed by atoms with Gasteiger partial charge in [-0.25, -0.2) is 9.37 Å². The van der Waals surface area contributed by atoms with Gasteiger partial charge in [-0.3, -0.25) is 4.99 Å². The average molecular weight is 476 g/mol. The minimum atomic E-state index is -0.350. The number of aromatic nitrogens is 1. The van der Waals surface area contributed by atoms with Crippen molar-refractivity contribution in [2.24, 2.45) is 4.99 Å². The smallest absolute Gasteiger partial charge is 0.191 e. The molecule has 2 rings (SSSR count). The third-order valence-corrected chi connectivity index (χ3v) is 5.08. The summed E-state index contributed by atoms with van der Waals surface area (Å²) in [7, 11) is 1.73. The van der Waals surface area contributed by atoms with Crippen LogP contribution in [-0.4, -0.2) is 24.5 Å². The van der Waals surface area contributed by atoms with E-state index < -0.39 is 0 Å². The Morgan fingerprint density at radius 2 is 1.92 bits per heavy atom. The van der Waals surface area contributed by atoms with E-state index in [0.717, 1.165) is 10.7 Å². The van der Waals surface area contributed by atoms with Gasteiger partial charge in [0.05, 0.1) is 12.2 Å². The van der Waals surface area contributed by atoms with E-state index in [4.69, 9.17) is 0 Å². The van der Waals surface area contributed by atoms with Gasteiger partial charge in [0.1, 0.15) is 10.8 Å². The second-order valence-corrected chi connectivity index (χ2v) is 7.68. The van der Waals surface area contributed by atoms with E-state index in [-0.39, 0.29) is 35.2 Å². The third kappa shape index (κ3) is 5.91. The molecule has 0 amide bonds. The second-order valence-electron chi connectivity index (χ2n) is 6.39. The molecule has 25 heavy (non-hydrogen) atoms. The average Bonchev–Trinajstić information content (AvgIpc) is 2.86. The minimum absolute atomic E-state index is 0. The quantitative estimate of drug-likeness (QED) is 0.387. The van der Waals surface area contributed by atoms with Crippen LogP contribution in [0.25, 0.3) is 0 Å². The highest BCUT2D eigenvalue weighted by atomic mass is 127. The summed E-state index contributed by atoms with van der Waals surface area (Å²) in [5.74, 6) is 0.505. The van der Waals surface area contributed by atoms with Crippen LogP contribution in [0.5, 0.6) is 0 Å². The Bertz CT molecular complexity index is 708. The molecule has 1 aromatic heterocycles. The molecule has 1 aromatic carbocycles. The normalized spacial score (nSPS) is 11.8. The molecule has 0 atom stereocenters. The van der Waals surface area contributed by atoms with Crippen molar-refractivity contribution in [3.05, 3.63) is 51.2 Å². The van der Waals surface area contributed by atoms with E-state index in [0.29, 0.717) is 24.6 Å². The molecule has 0 spiro atoms. The molecule has 0 aliphatic rings. The number of hydrogen-bond donors (Lipinski definition) is 2. The van der Waals surface area contributed by atoms with Gasteiger partial charge < -0.3 is 10.6 Å². The van der Waals surface area contributed by atoms with Crippen LogP contribution in [-0.2, 0) is 12.0 Å². The number of thiazole rings is 1. The number of nitrogens with zero attached hydrogens (tertiary/aromatic N) is 2. The van der Waals surface area contributed by atoms with Crippen LogP contribution in [0.4, 0.5) is 4.39 Å². The van der Waals surface area contributed by atoms with Crippen molar-refractivity contribution in [2.45, 2.75) is 39.7 Å². The van der Waals surface area contributed by atoms with Gasteiger partial charge in [0.2, 0.25) is 0 Å². The van der Waals surface area contributed by atoms with Crippen LogP contribution in [0, 0.1) is 19.7 Å². The molecule has 2 aromatic rings. The molecule has 0 radical (unpaired) electrons. The number of nitrogens with one attached hydrogen (secondary N) is 2. The molecule has 0 aliphatic heterocycles. The van der Waals surface area contributed by atoms with Crippen LogP contribution < -0.4 is 10.6 Å². The van der Waals surface area contributed by atoms with E-state index in [1.54, 1.807) is 24.5 Å². The Kier molecular flexibility index (Phi) is 8.27. The van der Waals surface area contributed by atoms with Gasteiger partial charge >= 0.3 is 0 Å². The Hall–Kier alpha value is -1.22. The fourth-order valence-electron chi connectivity index (χ4n) is 2.40. The fraction of sp³-hybridized carbons (Fsp3) is 0.444. The lowest BCUT2D eigenvalue weighted by Gasteiger charge is -2.27. The van der Waals surface area contributed by atoms with Crippen LogP contribution in [0.3, 0.4) is 0 Å². The second kappa shape index (κ2) is 9.47. The Morgan fingerprint density at radius 1 is 1.24 bits per heavy atom. The Morgan fingerprint density at radius 3 is 2.48 bits per heavy atom. The van der Waals surface area contributed by atoms with Crippen molar-refractivity contribution in [1.29, 1.82) is 0 Å².